The molecule has 0 fully saturated rings. The smallest absolute Gasteiger partial charge is 0.138 e. The van der Waals surface area contributed by atoms with Crippen LogP contribution >= 0.6 is 0 Å². The van der Waals surface area contributed by atoms with Crippen molar-refractivity contribution in [2.24, 2.45) is 10.9 Å². The molecule has 0 radical (unpaired) electrons. The Balaban J connectivity index is 1.38. The van der Waals surface area contributed by atoms with E-state index < -0.39 is 0 Å². The van der Waals surface area contributed by atoms with Crippen LogP contribution in [0, 0.1) is 11.7 Å². The van der Waals surface area contributed by atoms with E-state index in [1.54, 1.807) is 18.5 Å². The second-order valence-electron chi connectivity index (χ2n) is 10.1. The van der Waals surface area contributed by atoms with Crippen molar-refractivity contribution in [3.63, 3.8) is 0 Å². The molecule has 8 heteroatoms. The molecule has 0 aliphatic carbocycles. The van der Waals surface area contributed by atoms with E-state index in [4.69, 9.17) is 4.98 Å². The monoisotopic (exact) mass is 517 g/mol. The Bertz CT molecular complexity index is 1800. The molecule has 5 aromatic rings. The number of fused-ring (bicyclic) bond motifs is 2. The summed E-state index contributed by atoms with van der Waals surface area (Å²) in [6.07, 6.45) is 10.3. The van der Waals surface area contributed by atoms with E-state index in [1.807, 2.05) is 36.6 Å². The lowest BCUT2D eigenvalue weighted by Crippen LogP contribution is -2.14. The number of H-pyrrole nitrogens is 2. The van der Waals surface area contributed by atoms with Crippen LogP contribution in [0.4, 0.5) is 4.39 Å². The lowest BCUT2D eigenvalue weighted by molar-refractivity contribution is 0.623. The first kappa shape index (κ1) is 24.5. The normalized spacial score (nSPS) is 13.5. The Morgan fingerprint density at radius 3 is 2.87 bits per heavy atom. The lowest BCUT2D eigenvalue weighted by atomic mass is 10.0. The summed E-state index contributed by atoms with van der Waals surface area (Å²) in [5, 5.41) is 12.9. The van der Waals surface area contributed by atoms with Gasteiger partial charge in [-0.15, -0.1) is 0 Å². The number of aromatic amines is 2. The third kappa shape index (κ3) is 5.01. The van der Waals surface area contributed by atoms with Crippen LogP contribution in [-0.4, -0.2) is 37.9 Å². The van der Waals surface area contributed by atoms with Crippen LogP contribution in [0.3, 0.4) is 0 Å². The standard InChI is InChI=1S/C31H28FN7/c1-18(2)11-19(3)36-23-13-21(7-9-33-16-23)27-15-26-29(17-35-27)38-39-30(26)28-14-25-24(8-10-34-31(25)37-28)20-5-4-6-22(32)12-20/h4-8,10,12-18,36H,3,9,11H2,1-2H3,(H,34,37)(H,38,39). The number of hydrogen-bond donors (Lipinski definition) is 3. The first-order valence-electron chi connectivity index (χ1n) is 12.9. The number of allylic oxidation sites excluding steroid dienone is 4. The van der Waals surface area contributed by atoms with Crippen molar-refractivity contribution in [1.82, 2.24) is 30.5 Å². The van der Waals surface area contributed by atoms with Crippen molar-refractivity contribution in [3.05, 3.63) is 96.5 Å². The minimum atomic E-state index is -0.276. The summed E-state index contributed by atoms with van der Waals surface area (Å²) in [5.41, 5.74) is 8.41. The van der Waals surface area contributed by atoms with E-state index >= 15 is 0 Å². The summed E-state index contributed by atoms with van der Waals surface area (Å²) >= 11 is 0. The fourth-order valence-corrected chi connectivity index (χ4v) is 4.90. The van der Waals surface area contributed by atoms with Crippen molar-refractivity contribution < 1.29 is 4.39 Å². The Morgan fingerprint density at radius 2 is 2.03 bits per heavy atom. The summed E-state index contributed by atoms with van der Waals surface area (Å²) < 4.78 is 13.9. The van der Waals surface area contributed by atoms with Gasteiger partial charge < -0.3 is 10.3 Å². The quantitative estimate of drug-likeness (QED) is 0.221. The Hall–Kier alpha value is -4.85. The van der Waals surface area contributed by atoms with Gasteiger partial charge in [-0.25, -0.2) is 9.37 Å². The zero-order chi connectivity index (χ0) is 26.9. The van der Waals surface area contributed by atoms with Gasteiger partial charge in [0.05, 0.1) is 35.3 Å². The van der Waals surface area contributed by atoms with Gasteiger partial charge >= 0.3 is 0 Å². The number of aromatic nitrogens is 5. The summed E-state index contributed by atoms with van der Waals surface area (Å²) in [6.45, 7) is 9.05. The summed E-state index contributed by atoms with van der Waals surface area (Å²) in [7, 11) is 0. The highest BCUT2D eigenvalue weighted by Gasteiger charge is 2.16. The van der Waals surface area contributed by atoms with Crippen LogP contribution in [-0.2, 0) is 0 Å². The average Bonchev–Trinajstić information content (AvgIpc) is 3.46. The summed E-state index contributed by atoms with van der Waals surface area (Å²) in [4.78, 5) is 17.1. The molecule has 39 heavy (non-hydrogen) atoms. The molecule has 0 saturated heterocycles. The van der Waals surface area contributed by atoms with Crippen molar-refractivity contribution in [2.75, 3.05) is 6.54 Å². The Kier molecular flexibility index (Phi) is 6.36. The van der Waals surface area contributed by atoms with Crippen LogP contribution in [0.15, 0.2) is 90.0 Å². The molecule has 3 N–H and O–H groups in total. The number of rotatable bonds is 7. The van der Waals surface area contributed by atoms with Crippen LogP contribution < -0.4 is 5.32 Å². The Morgan fingerprint density at radius 1 is 1.13 bits per heavy atom. The third-order valence-corrected chi connectivity index (χ3v) is 6.60. The van der Waals surface area contributed by atoms with Crippen LogP contribution in [0.2, 0.25) is 0 Å². The second kappa shape index (κ2) is 10.1. The molecule has 1 aliphatic rings. The van der Waals surface area contributed by atoms with Gasteiger partial charge in [-0.3, -0.25) is 15.1 Å². The van der Waals surface area contributed by atoms with E-state index in [-0.39, 0.29) is 5.82 Å². The van der Waals surface area contributed by atoms with E-state index in [0.717, 1.165) is 67.9 Å². The van der Waals surface area contributed by atoms with E-state index in [1.165, 1.54) is 12.1 Å². The highest BCUT2D eigenvalue weighted by atomic mass is 19.1. The zero-order valence-corrected chi connectivity index (χ0v) is 21.8. The van der Waals surface area contributed by atoms with Gasteiger partial charge in [0.15, 0.2) is 0 Å². The molecular weight excluding hydrogens is 489 g/mol. The number of benzene rings is 1. The highest BCUT2D eigenvalue weighted by molar-refractivity contribution is 6.00. The number of nitrogens with one attached hydrogen (secondary N) is 3. The minimum absolute atomic E-state index is 0.276. The molecule has 6 rings (SSSR count). The maximum Gasteiger partial charge on any atom is 0.138 e. The van der Waals surface area contributed by atoms with Crippen LogP contribution in [0.1, 0.15) is 26.0 Å². The van der Waals surface area contributed by atoms with E-state index in [2.05, 4.69) is 57.0 Å². The van der Waals surface area contributed by atoms with Crippen molar-refractivity contribution in [2.45, 2.75) is 20.3 Å². The van der Waals surface area contributed by atoms with Crippen LogP contribution in [0.5, 0.6) is 0 Å². The molecule has 1 aromatic carbocycles. The molecule has 0 amide bonds. The molecule has 1 aliphatic heterocycles. The highest BCUT2D eigenvalue weighted by Crippen LogP contribution is 2.34. The van der Waals surface area contributed by atoms with Gasteiger partial charge in [0.2, 0.25) is 0 Å². The van der Waals surface area contributed by atoms with Gasteiger partial charge in [-0.1, -0.05) is 38.6 Å². The molecule has 4 aromatic heterocycles. The maximum absolute atomic E-state index is 13.9. The molecule has 0 spiro atoms. The maximum atomic E-state index is 13.9. The predicted molar refractivity (Wildman–Crippen MR) is 156 cm³/mol. The van der Waals surface area contributed by atoms with Gasteiger partial charge in [0, 0.05) is 34.5 Å². The Labute approximate surface area is 225 Å². The van der Waals surface area contributed by atoms with Crippen LogP contribution in [0.25, 0.3) is 50.0 Å². The molecule has 5 heterocycles. The minimum Gasteiger partial charge on any atom is -0.358 e. The molecule has 0 bridgehead atoms. The number of aliphatic imine (C=N–C) groups is 1. The summed E-state index contributed by atoms with van der Waals surface area (Å²) in [5.74, 6) is 0.234. The zero-order valence-electron chi connectivity index (χ0n) is 21.8. The van der Waals surface area contributed by atoms with E-state index in [0.29, 0.717) is 18.1 Å². The number of hydrogen-bond acceptors (Lipinski definition) is 5. The molecular formula is C31H28FN7. The number of nitrogens with zero attached hydrogens (tertiary/aromatic N) is 4. The second-order valence-corrected chi connectivity index (χ2v) is 10.1. The van der Waals surface area contributed by atoms with Crippen molar-refractivity contribution >= 4 is 33.7 Å². The first-order valence-corrected chi connectivity index (χ1v) is 12.9. The number of halogens is 1. The lowest BCUT2D eigenvalue weighted by Gasteiger charge is -2.12. The van der Waals surface area contributed by atoms with Gasteiger partial charge in [0.1, 0.15) is 17.2 Å². The fraction of sp³-hybridized carbons (Fsp3) is 0.161. The van der Waals surface area contributed by atoms with Crippen molar-refractivity contribution in [1.29, 1.82) is 0 Å². The van der Waals surface area contributed by atoms with Gasteiger partial charge in [0.25, 0.3) is 0 Å². The molecule has 0 unspecified atom stereocenters. The third-order valence-electron chi connectivity index (χ3n) is 6.60. The molecule has 7 nitrogen and oxygen atoms in total. The van der Waals surface area contributed by atoms with Gasteiger partial charge in [-0.05, 0) is 59.9 Å². The van der Waals surface area contributed by atoms with E-state index in [9.17, 15) is 4.39 Å². The predicted octanol–water partition coefficient (Wildman–Crippen LogP) is 6.81. The van der Waals surface area contributed by atoms with Gasteiger partial charge in [-0.2, -0.15) is 5.10 Å². The first-order chi connectivity index (χ1) is 18.9. The SMILES string of the molecule is C=C(CC(C)C)NC1=CC(c2cc3c(-c4cc5c(-c6cccc(F)c6)ccnc5[nH]4)n[nH]c3cn2)=CCN=C1. The topological polar surface area (TPSA) is 94.6 Å². The largest absolute Gasteiger partial charge is 0.358 e. The van der Waals surface area contributed by atoms with Crippen molar-refractivity contribution in [3.8, 4) is 22.5 Å². The molecule has 0 atom stereocenters. The average molecular weight is 518 g/mol. The molecule has 194 valence electrons. The fourth-order valence-electron chi connectivity index (χ4n) is 4.90. The molecule has 0 saturated carbocycles. The summed E-state index contributed by atoms with van der Waals surface area (Å²) in [6, 6.07) is 12.5. The number of pyridine rings is 2.